The van der Waals surface area contributed by atoms with E-state index in [2.05, 4.69) is 36.1 Å². The van der Waals surface area contributed by atoms with Crippen LogP contribution in [0.1, 0.15) is 23.6 Å². The first kappa shape index (κ1) is 18.5. The Bertz CT molecular complexity index is 702. The minimum atomic E-state index is 0.0672. The van der Waals surface area contributed by atoms with Gasteiger partial charge in [0.2, 0.25) is 0 Å². The molecule has 0 aliphatic carbocycles. The Morgan fingerprint density at radius 2 is 1.54 bits per heavy atom. The molecule has 2 aromatic carbocycles. The number of rotatable bonds is 6. The maximum absolute atomic E-state index is 12.4. The molecular formula is C22H28N2O2. The zero-order chi connectivity index (χ0) is 18.4. The number of piperazine rings is 1. The van der Waals surface area contributed by atoms with Crippen molar-refractivity contribution in [3.63, 3.8) is 0 Å². The summed E-state index contributed by atoms with van der Waals surface area (Å²) in [6.45, 7) is 8.62. The monoisotopic (exact) mass is 352 g/mol. The highest BCUT2D eigenvalue weighted by Gasteiger charge is 2.21. The molecule has 3 rings (SSSR count). The topological polar surface area (TPSA) is 32.8 Å². The summed E-state index contributed by atoms with van der Waals surface area (Å²) in [5.41, 5.74) is 3.89. The third-order valence-corrected chi connectivity index (χ3v) is 4.95. The quantitative estimate of drug-likeness (QED) is 0.800. The van der Waals surface area contributed by atoms with Crippen LogP contribution >= 0.6 is 0 Å². The molecule has 0 atom stereocenters. The lowest BCUT2D eigenvalue weighted by molar-refractivity contribution is -0.135. The van der Waals surface area contributed by atoms with Gasteiger partial charge in [0.25, 0.3) is 5.91 Å². The molecule has 1 amide bonds. The van der Waals surface area contributed by atoms with Crippen molar-refractivity contribution in [3.05, 3.63) is 65.2 Å². The van der Waals surface area contributed by atoms with E-state index in [9.17, 15) is 4.79 Å². The van der Waals surface area contributed by atoms with Crippen LogP contribution in [0.25, 0.3) is 0 Å². The summed E-state index contributed by atoms with van der Waals surface area (Å²) >= 11 is 0. The highest BCUT2D eigenvalue weighted by atomic mass is 16.5. The van der Waals surface area contributed by atoms with E-state index in [1.807, 2.05) is 36.1 Å². The Morgan fingerprint density at radius 3 is 2.15 bits per heavy atom. The molecule has 0 radical (unpaired) electrons. The molecule has 1 saturated heterocycles. The van der Waals surface area contributed by atoms with Gasteiger partial charge >= 0.3 is 0 Å². The maximum Gasteiger partial charge on any atom is 0.260 e. The predicted octanol–water partition coefficient (Wildman–Crippen LogP) is 3.28. The molecular weight excluding hydrogens is 324 g/mol. The standard InChI is InChI=1S/C22H28N2O2/c1-3-19-6-8-20(9-7-19)16-23-12-14-24(15-13-23)22(25)17-26-21-10-4-18(2)5-11-21/h4-11H,3,12-17H2,1-2H3. The largest absolute Gasteiger partial charge is 0.484 e. The molecule has 26 heavy (non-hydrogen) atoms. The number of hydrogen-bond acceptors (Lipinski definition) is 3. The molecule has 0 N–H and O–H groups in total. The van der Waals surface area contributed by atoms with Crippen molar-refractivity contribution in [3.8, 4) is 5.75 Å². The van der Waals surface area contributed by atoms with Crippen molar-refractivity contribution in [1.29, 1.82) is 0 Å². The fourth-order valence-electron chi connectivity index (χ4n) is 3.16. The molecule has 2 aromatic rings. The third-order valence-electron chi connectivity index (χ3n) is 4.95. The van der Waals surface area contributed by atoms with Gasteiger partial charge in [-0.1, -0.05) is 48.9 Å². The van der Waals surface area contributed by atoms with E-state index in [1.54, 1.807) is 0 Å². The summed E-state index contributed by atoms with van der Waals surface area (Å²) < 4.78 is 5.62. The van der Waals surface area contributed by atoms with Crippen molar-refractivity contribution in [2.75, 3.05) is 32.8 Å². The lowest BCUT2D eigenvalue weighted by atomic mass is 10.1. The van der Waals surface area contributed by atoms with E-state index >= 15 is 0 Å². The fraction of sp³-hybridized carbons (Fsp3) is 0.409. The van der Waals surface area contributed by atoms with Crippen LogP contribution in [0.5, 0.6) is 5.75 Å². The van der Waals surface area contributed by atoms with Crippen LogP contribution in [0.2, 0.25) is 0 Å². The molecule has 1 aliphatic rings. The number of hydrogen-bond donors (Lipinski definition) is 0. The van der Waals surface area contributed by atoms with E-state index < -0.39 is 0 Å². The molecule has 1 fully saturated rings. The van der Waals surface area contributed by atoms with Gasteiger partial charge in [0, 0.05) is 32.7 Å². The van der Waals surface area contributed by atoms with E-state index in [0.29, 0.717) is 0 Å². The normalized spacial score (nSPS) is 15.1. The van der Waals surface area contributed by atoms with Gasteiger partial charge in [-0.25, -0.2) is 0 Å². The fourth-order valence-corrected chi connectivity index (χ4v) is 3.16. The van der Waals surface area contributed by atoms with Crippen molar-refractivity contribution in [2.45, 2.75) is 26.8 Å². The zero-order valence-corrected chi connectivity index (χ0v) is 15.8. The molecule has 0 aromatic heterocycles. The minimum absolute atomic E-state index is 0.0672. The smallest absolute Gasteiger partial charge is 0.260 e. The van der Waals surface area contributed by atoms with E-state index in [-0.39, 0.29) is 12.5 Å². The Hall–Kier alpha value is -2.33. The van der Waals surface area contributed by atoms with Crippen LogP contribution in [0.15, 0.2) is 48.5 Å². The van der Waals surface area contributed by atoms with E-state index in [4.69, 9.17) is 4.74 Å². The Balaban J connectivity index is 1.42. The Labute approximate surface area is 156 Å². The van der Waals surface area contributed by atoms with E-state index in [1.165, 1.54) is 16.7 Å². The summed E-state index contributed by atoms with van der Waals surface area (Å²) in [6.07, 6.45) is 1.08. The molecule has 0 spiro atoms. The van der Waals surface area contributed by atoms with Crippen molar-refractivity contribution < 1.29 is 9.53 Å². The number of amides is 1. The highest BCUT2D eigenvalue weighted by molar-refractivity contribution is 5.77. The second-order valence-electron chi connectivity index (χ2n) is 6.93. The first-order valence-corrected chi connectivity index (χ1v) is 9.41. The second kappa shape index (κ2) is 8.86. The number of ether oxygens (including phenoxy) is 1. The molecule has 1 heterocycles. The summed E-state index contributed by atoms with van der Waals surface area (Å²) in [6, 6.07) is 16.6. The predicted molar refractivity (Wildman–Crippen MR) is 104 cm³/mol. The van der Waals surface area contributed by atoms with Crippen LogP contribution in [0.4, 0.5) is 0 Å². The van der Waals surface area contributed by atoms with E-state index in [0.717, 1.165) is 44.9 Å². The molecule has 0 saturated carbocycles. The van der Waals surface area contributed by atoms with Gasteiger partial charge in [-0.2, -0.15) is 0 Å². The first-order valence-electron chi connectivity index (χ1n) is 9.41. The molecule has 4 nitrogen and oxygen atoms in total. The Kier molecular flexibility index (Phi) is 6.29. The number of nitrogens with zero attached hydrogens (tertiary/aromatic N) is 2. The number of aryl methyl sites for hydroxylation is 2. The van der Waals surface area contributed by atoms with Gasteiger partial charge in [0.05, 0.1) is 0 Å². The lowest BCUT2D eigenvalue weighted by Crippen LogP contribution is -2.49. The number of carbonyl (C=O) groups is 1. The summed E-state index contributed by atoms with van der Waals surface area (Å²) in [4.78, 5) is 16.7. The van der Waals surface area contributed by atoms with Crippen molar-refractivity contribution in [2.24, 2.45) is 0 Å². The summed E-state index contributed by atoms with van der Waals surface area (Å²) in [7, 11) is 0. The average Bonchev–Trinajstić information content (AvgIpc) is 2.68. The summed E-state index contributed by atoms with van der Waals surface area (Å²) in [5.74, 6) is 0.815. The number of benzene rings is 2. The third kappa shape index (κ3) is 5.09. The molecule has 4 heteroatoms. The van der Waals surface area contributed by atoms with Crippen molar-refractivity contribution >= 4 is 5.91 Å². The van der Waals surface area contributed by atoms with Gasteiger partial charge in [-0.05, 0) is 36.6 Å². The van der Waals surface area contributed by atoms with Gasteiger partial charge in [-0.15, -0.1) is 0 Å². The van der Waals surface area contributed by atoms with Gasteiger partial charge in [-0.3, -0.25) is 9.69 Å². The van der Waals surface area contributed by atoms with Gasteiger partial charge < -0.3 is 9.64 Å². The zero-order valence-electron chi connectivity index (χ0n) is 15.8. The van der Waals surface area contributed by atoms with Crippen LogP contribution in [-0.2, 0) is 17.8 Å². The maximum atomic E-state index is 12.4. The Morgan fingerprint density at radius 1 is 0.923 bits per heavy atom. The second-order valence-corrected chi connectivity index (χ2v) is 6.93. The van der Waals surface area contributed by atoms with Crippen molar-refractivity contribution in [1.82, 2.24) is 9.80 Å². The van der Waals surface area contributed by atoms with Crippen LogP contribution in [-0.4, -0.2) is 48.5 Å². The van der Waals surface area contributed by atoms with Crippen LogP contribution in [0.3, 0.4) is 0 Å². The van der Waals surface area contributed by atoms with Gasteiger partial charge in [0.1, 0.15) is 5.75 Å². The molecule has 138 valence electrons. The molecule has 0 unspecified atom stereocenters. The molecule has 1 aliphatic heterocycles. The highest BCUT2D eigenvalue weighted by Crippen LogP contribution is 2.13. The number of carbonyl (C=O) groups excluding carboxylic acids is 1. The van der Waals surface area contributed by atoms with Gasteiger partial charge in [0.15, 0.2) is 6.61 Å². The molecule has 0 bridgehead atoms. The first-order chi connectivity index (χ1) is 12.6. The SMILES string of the molecule is CCc1ccc(CN2CCN(C(=O)COc3ccc(C)cc3)CC2)cc1. The van der Waals surface area contributed by atoms with Crippen LogP contribution in [0, 0.1) is 6.92 Å². The van der Waals surface area contributed by atoms with Crippen LogP contribution < -0.4 is 4.74 Å². The average molecular weight is 352 g/mol. The summed E-state index contributed by atoms with van der Waals surface area (Å²) in [5, 5.41) is 0. The lowest BCUT2D eigenvalue weighted by Gasteiger charge is -2.34. The minimum Gasteiger partial charge on any atom is -0.484 e.